The maximum absolute atomic E-state index is 2.41. The van der Waals surface area contributed by atoms with Crippen molar-refractivity contribution in [3.05, 3.63) is 24.8 Å². The molecule has 0 amide bonds. The van der Waals surface area contributed by atoms with Crippen molar-refractivity contribution >= 4 is 0 Å². The monoisotopic (exact) mass is 336 g/mol. The summed E-state index contributed by atoms with van der Waals surface area (Å²) < 4.78 is 0. The topological polar surface area (TPSA) is 13.0 Å². The van der Waals surface area contributed by atoms with Crippen molar-refractivity contribution < 1.29 is 0 Å². The van der Waals surface area contributed by atoms with Crippen molar-refractivity contribution in [2.75, 3.05) is 27.2 Å². The van der Waals surface area contributed by atoms with Gasteiger partial charge in [-0.15, -0.1) is 0 Å². The van der Waals surface area contributed by atoms with Crippen LogP contribution in [0, 0.1) is 0 Å². The van der Waals surface area contributed by atoms with Gasteiger partial charge in [-0.25, -0.2) is 0 Å². The molecule has 2 aliphatic rings. The van der Waals surface area contributed by atoms with E-state index in [1.807, 2.05) is 0 Å². The van der Waals surface area contributed by atoms with Gasteiger partial charge < -0.3 is 19.6 Å². The number of nitrogens with zero attached hydrogens (tertiary/aromatic N) is 4. The normalized spacial score (nSPS) is 22.4. The van der Waals surface area contributed by atoms with Crippen molar-refractivity contribution in [1.82, 2.24) is 19.6 Å². The molecular formula is C20H40N4. The van der Waals surface area contributed by atoms with Gasteiger partial charge in [0.05, 0.1) is 12.3 Å². The lowest BCUT2D eigenvalue weighted by atomic mass is 10.2. The fourth-order valence-electron chi connectivity index (χ4n) is 2.93. The van der Waals surface area contributed by atoms with Gasteiger partial charge in [0.25, 0.3) is 0 Å². The van der Waals surface area contributed by atoms with E-state index < -0.39 is 0 Å². The molecule has 0 aromatic heterocycles. The first-order valence-corrected chi connectivity index (χ1v) is 9.83. The summed E-state index contributed by atoms with van der Waals surface area (Å²) in [6, 6.07) is 0. The Bertz CT molecular complexity index is 380. The van der Waals surface area contributed by atoms with E-state index in [0.717, 1.165) is 0 Å². The summed E-state index contributed by atoms with van der Waals surface area (Å²) in [5, 5.41) is 0. The zero-order valence-corrected chi connectivity index (χ0v) is 16.9. The second kappa shape index (κ2) is 11.3. The summed E-state index contributed by atoms with van der Waals surface area (Å²) in [5.41, 5.74) is 0. The first-order chi connectivity index (χ1) is 11.5. The fraction of sp³-hybridized carbons (Fsp3) is 0.800. The minimum atomic E-state index is 0.557. The summed E-state index contributed by atoms with van der Waals surface area (Å²) >= 11 is 0. The molecule has 0 saturated heterocycles. The molecule has 2 aliphatic heterocycles. The lowest BCUT2D eigenvalue weighted by Gasteiger charge is -2.26. The third kappa shape index (κ3) is 6.66. The predicted octanol–water partition coefficient (Wildman–Crippen LogP) is 4.48. The zero-order chi connectivity index (χ0) is 17.9. The smallest absolute Gasteiger partial charge is 0.0974 e. The van der Waals surface area contributed by atoms with Gasteiger partial charge in [0.15, 0.2) is 0 Å². The molecule has 0 aliphatic carbocycles. The van der Waals surface area contributed by atoms with Crippen molar-refractivity contribution in [3.8, 4) is 0 Å². The maximum atomic E-state index is 2.41. The Hall–Kier alpha value is -1.32. The van der Waals surface area contributed by atoms with Gasteiger partial charge in [-0.05, 0) is 26.7 Å². The van der Waals surface area contributed by atoms with Crippen LogP contribution in [0.25, 0.3) is 0 Å². The molecule has 4 heteroatoms. The van der Waals surface area contributed by atoms with Gasteiger partial charge >= 0.3 is 0 Å². The van der Waals surface area contributed by atoms with Gasteiger partial charge in [-0.1, -0.05) is 39.5 Å². The lowest BCUT2D eigenvalue weighted by molar-refractivity contribution is 0.192. The van der Waals surface area contributed by atoms with Crippen molar-refractivity contribution in [2.45, 2.75) is 78.6 Å². The average Bonchev–Trinajstić information content (AvgIpc) is 3.07. The lowest BCUT2D eigenvalue weighted by Crippen LogP contribution is -2.34. The Labute approximate surface area is 150 Å². The van der Waals surface area contributed by atoms with E-state index in [1.54, 1.807) is 0 Å². The molecule has 0 spiro atoms. The van der Waals surface area contributed by atoms with Gasteiger partial charge in [0.2, 0.25) is 0 Å². The highest BCUT2D eigenvalue weighted by Crippen LogP contribution is 2.14. The minimum Gasteiger partial charge on any atom is -0.359 e. The third-order valence-electron chi connectivity index (χ3n) is 5.17. The molecule has 0 bridgehead atoms. The summed E-state index contributed by atoms with van der Waals surface area (Å²) in [6.07, 6.45) is 17.8. The van der Waals surface area contributed by atoms with Gasteiger partial charge in [0.1, 0.15) is 0 Å². The number of rotatable bonds is 8. The van der Waals surface area contributed by atoms with Crippen LogP contribution >= 0.6 is 0 Å². The molecule has 0 aromatic rings. The standard InChI is InChI=1S/C11H22N2.C9H18N2/c1-4-5-6-7-8-13-10-9-12(3)11(13)2;1-4-5-6-11-8-7-10(3)9(11)2/h9-11H,4-8H2,1-3H3;7-9H,4-6H2,1-3H3. The van der Waals surface area contributed by atoms with Crippen LogP contribution in [0.5, 0.6) is 0 Å². The van der Waals surface area contributed by atoms with E-state index in [-0.39, 0.29) is 0 Å². The van der Waals surface area contributed by atoms with Gasteiger partial charge in [-0.3, -0.25) is 0 Å². The molecule has 0 saturated carbocycles. The summed E-state index contributed by atoms with van der Waals surface area (Å²) in [5.74, 6) is 0. The SMILES string of the molecule is CCCCCCN1C=CN(C)C1C.CCCCN1C=CN(C)C1C. The van der Waals surface area contributed by atoms with E-state index in [2.05, 4.69) is 86.2 Å². The molecule has 2 rings (SSSR count). The molecule has 0 N–H and O–H groups in total. The predicted molar refractivity (Wildman–Crippen MR) is 105 cm³/mol. The van der Waals surface area contributed by atoms with Crippen LogP contribution in [-0.2, 0) is 0 Å². The molecular weight excluding hydrogens is 296 g/mol. The van der Waals surface area contributed by atoms with Crippen LogP contribution in [0.4, 0.5) is 0 Å². The van der Waals surface area contributed by atoms with Gasteiger partial charge in [-0.2, -0.15) is 0 Å². The van der Waals surface area contributed by atoms with Crippen LogP contribution < -0.4 is 0 Å². The molecule has 2 unspecified atom stereocenters. The maximum Gasteiger partial charge on any atom is 0.0974 e. The Morgan fingerprint density at radius 3 is 1.46 bits per heavy atom. The highest BCUT2D eigenvalue weighted by molar-refractivity contribution is 4.94. The number of hydrogen-bond donors (Lipinski definition) is 0. The first-order valence-electron chi connectivity index (χ1n) is 9.83. The van der Waals surface area contributed by atoms with Gasteiger partial charge in [0, 0.05) is 52.0 Å². The second-order valence-electron chi connectivity index (χ2n) is 7.08. The van der Waals surface area contributed by atoms with Crippen LogP contribution in [0.1, 0.15) is 66.2 Å². The van der Waals surface area contributed by atoms with Crippen molar-refractivity contribution in [1.29, 1.82) is 0 Å². The van der Waals surface area contributed by atoms with Crippen molar-refractivity contribution in [3.63, 3.8) is 0 Å². The molecule has 24 heavy (non-hydrogen) atoms. The number of hydrogen-bond acceptors (Lipinski definition) is 4. The van der Waals surface area contributed by atoms with E-state index in [9.17, 15) is 0 Å². The minimum absolute atomic E-state index is 0.557. The Morgan fingerprint density at radius 1 is 0.625 bits per heavy atom. The average molecular weight is 337 g/mol. The highest BCUT2D eigenvalue weighted by atomic mass is 15.4. The van der Waals surface area contributed by atoms with E-state index >= 15 is 0 Å². The summed E-state index contributed by atoms with van der Waals surface area (Å²) in [4.78, 5) is 9.27. The van der Waals surface area contributed by atoms with Crippen LogP contribution in [-0.4, -0.2) is 59.1 Å². The molecule has 2 atom stereocenters. The quantitative estimate of drug-likeness (QED) is 0.606. The molecule has 4 nitrogen and oxygen atoms in total. The van der Waals surface area contributed by atoms with E-state index in [0.29, 0.717) is 12.3 Å². The third-order valence-corrected chi connectivity index (χ3v) is 5.17. The first kappa shape index (κ1) is 20.7. The Kier molecular flexibility index (Phi) is 9.73. The van der Waals surface area contributed by atoms with E-state index in [4.69, 9.17) is 0 Å². The molecule has 140 valence electrons. The van der Waals surface area contributed by atoms with Crippen LogP contribution in [0.2, 0.25) is 0 Å². The van der Waals surface area contributed by atoms with Crippen LogP contribution in [0.15, 0.2) is 24.8 Å². The molecule has 0 aromatic carbocycles. The molecule has 0 radical (unpaired) electrons. The molecule has 0 fully saturated rings. The molecule has 2 heterocycles. The Morgan fingerprint density at radius 2 is 1.08 bits per heavy atom. The van der Waals surface area contributed by atoms with Crippen molar-refractivity contribution in [2.24, 2.45) is 0 Å². The second-order valence-corrected chi connectivity index (χ2v) is 7.08. The van der Waals surface area contributed by atoms with Crippen LogP contribution in [0.3, 0.4) is 0 Å². The fourth-order valence-corrected chi connectivity index (χ4v) is 2.93. The zero-order valence-electron chi connectivity index (χ0n) is 16.9. The largest absolute Gasteiger partial charge is 0.359 e. The Balaban J connectivity index is 0.000000243. The van der Waals surface area contributed by atoms with E-state index in [1.165, 1.54) is 51.6 Å². The summed E-state index contributed by atoms with van der Waals surface area (Å²) in [7, 11) is 4.25. The summed E-state index contributed by atoms with van der Waals surface area (Å²) in [6.45, 7) is 11.4. The number of unbranched alkanes of at least 4 members (excludes halogenated alkanes) is 4. The highest BCUT2D eigenvalue weighted by Gasteiger charge is 2.17.